The van der Waals surface area contributed by atoms with E-state index < -0.39 is 18.3 Å². The SMILES string of the molecule is O=c1c2cn[nH]c2c2ccc(-c3ccccc3CN3CCOCC3)cc2n1CC(F)(F)F. The molecule has 0 atom stereocenters. The van der Waals surface area contributed by atoms with Crippen molar-refractivity contribution in [3.05, 3.63) is 64.6 Å². The predicted molar refractivity (Wildman–Crippen MR) is 115 cm³/mol. The minimum absolute atomic E-state index is 0.141. The van der Waals surface area contributed by atoms with Crippen molar-refractivity contribution in [3.63, 3.8) is 0 Å². The minimum atomic E-state index is -4.53. The van der Waals surface area contributed by atoms with Gasteiger partial charge in [-0.1, -0.05) is 36.4 Å². The minimum Gasteiger partial charge on any atom is -0.379 e. The molecule has 1 N–H and O–H groups in total. The molecule has 1 saturated heterocycles. The summed E-state index contributed by atoms with van der Waals surface area (Å²) in [6.45, 7) is 2.38. The summed E-state index contributed by atoms with van der Waals surface area (Å²) in [6, 6.07) is 13.1. The van der Waals surface area contributed by atoms with Crippen molar-refractivity contribution in [1.29, 1.82) is 0 Å². The van der Waals surface area contributed by atoms with Crippen LogP contribution in [-0.2, 0) is 17.8 Å². The Kier molecular flexibility index (Phi) is 5.22. The van der Waals surface area contributed by atoms with Crippen molar-refractivity contribution in [2.45, 2.75) is 19.3 Å². The van der Waals surface area contributed by atoms with E-state index in [1.807, 2.05) is 30.3 Å². The molecule has 0 saturated carbocycles. The lowest BCUT2D eigenvalue weighted by atomic mass is 9.97. The number of morpholine rings is 1. The predicted octanol–water partition coefficient (Wildman–Crippen LogP) is 3.94. The highest BCUT2D eigenvalue weighted by Gasteiger charge is 2.30. The zero-order valence-electron chi connectivity index (χ0n) is 17.2. The van der Waals surface area contributed by atoms with E-state index in [4.69, 9.17) is 4.74 Å². The Balaban J connectivity index is 1.66. The van der Waals surface area contributed by atoms with Gasteiger partial charge in [0.25, 0.3) is 5.56 Å². The molecule has 1 aliphatic rings. The molecule has 9 heteroatoms. The topological polar surface area (TPSA) is 63.1 Å². The first-order valence-electron chi connectivity index (χ1n) is 10.4. The average molecular weight is 442 g/mol. The van der Waals surface area contributed by atoms with Crippen molar-refractivity contribution in [2.75, 3.05) is 26.3 Å². The standard InChI is InChI=1S/C23H21F3N4O2/c24-23(25,26)14-30-20-11-15(5-6-18(20)21-19(22(30)31)12-27-28-21)17-4-2-1-3-16(17)13-29-7-9-32-10-8-29/h1-6,11-12H,7-10,13-14H2,(H,27,28). The molecule has 1 fully saturated rings. The molecule has 6 nitrogen and oxygen atoms in total. The molecule has 3 heterocycles. The van der Waals surface area contributed by atoms with Gasteiger partial charge in [-0.05, 0) is 22.8 Å². The van der Waals surface area contributed by atoms with Gasteiger partial charge in [0.05, 0.1) is 35.8 Å². The Morgan fingerprint density at radius 1 is 1.06 bits per heavy atom. The number of aromatic amines is 1. The summed E-state index contributed by atoms with van der Waals surface area (Å²) in [5.74, 6) is 0. The summed E-state index contributed by atoms with van der Waals surface area (Å²) in [7, 11) is 0. The highest BCUT2D eigenvalue weighted by Crippen LogP contribution is 2.31. The lowest BCUT2D eigenvalue weighted by Crippen LogP contribution is -2.35. The monoisotopic (exact) mass is 442 g/mol. The van der Waals surface area contributed by atoms with Crippen molar-refractivity contribution in [1.82, 2.24) is 19.7 Å². The Morgan fingerprint density at radius 2 is 1.84 bits per heavy atom. The van der Waals surface area contributed by atoms with Gasteiger partial charge in [-0.3, -0.25) is 19.4 Å². The lowest BCUT2D eigenvalue weighted by Gasteiger charge is -2.27. The first-order chi connectivity index (χ1) is 15.4. The molecule has 4 aromatic rings. The van der Waals surface area contributed by atoms with Gasteiger partial charge in [-0.15, -0.1) is 0 Å². The summed E-state index contributed by atoms with van der Waals surface area (Å²) in [5.41, 5.74) is 2.71. The van der Waals surface area contributed by atoms with Gasteiger partial charge < -0.3 is 4.74 Å². The van der Waals surface area contributed by atoms with Gasteiger partial charge in [0.15, 0.2) is 0 Å². The second kappa shape index (κ2) is 8.07. The zero-order chi connectivity index (χ0) is 22.3. The number of pyridine rings is 1. The van der Waals surface area contributed by atoms with E-state index in [-0.39, 0.29) is 10.9 Å². The number of halogens is 3. The quantitative estimate of drug-likeness (QED) is 0.520. The summed E-state index contributed by atoms with van der Waals surface area (Å²) in [4.78, 5) is 15.1. The number of ether oxygens (including phenoxy) is 1. The van der Waals surface area contributed by atoms with Gasteiger partial charge in [0.2, 0.25) is 0 Å². The number of nitrogens with one attached hydrogen (secondary N) is 1. The molecular formula is C23H21F3N4O2. The number of aromatic nitrogens is 3. The Labute approximate surface area is 181 Å². The largest absolute Gasteiger partial charge is 0.406 e. The maximum atomic E-state index is 13.3. The first-order valence-corrected chi connectivity index (χ1v) is 10.4. The third-order valence-electron chi connectivity index (χ3n) is 5.84. The fourth-order valence-corrected chi connectivity index (χ4v) is 4.32. The molecule has 1 aliphatic heterocycles. The fraction of sp³-hybridized carbons (Fsp3) is 0.304. The van der Waals surface area contributed by atoms with Crippen molar-refractivity contribution in [2.24, 2.45) is 0 Å². The van der Waals surface area contributed by atoms with Crippen LogP contribution in [0.4, 0.5) is 13.2 Å². The molecule has 0 bridgehead atoms. The van der Waals surface area contributed by atoms with Crippen LogP contribution in [0.1, 0.15) is 5.56 Å². The summed E-state index contributed by atoms with van der Waals surface area (Å²) >= 11 is 0. The number of hydrogen-bond donors (Lipinski definition) is 1. The van der Waals surface area contributed by atoms with E-state index in [9.17, 15) is 18.0 Å². The van der Waals surface area contributed by atoms with Crippen LogP contribution in [0, 0.1) is 0 Å². The number of rotatable bonds is 4. The Hall–Kier alpha value is -3.17. The maximum Gasteiger partial charge on any atom is 0.406 e. The molecule has 0 radical (unpaired) electrons. The van der Waals surface area contributed by atoms with Crippen LogP contribution in [0.3, 0.4) is 0 Å². The van der Waals surface area contributed by atoms with Crippen LogP contribution in [0.2, 0.25) is 0 Å². The number of nitrogens with zero attached hydrogens (tertiary/aromatic N) is 3. The van der Waals surface area contributed by atoms with Gasteiger partial charge in [-0.2, -0.15) is 18.3 Å². The number of H-pyrrole nitrogens is 1. The highest BCUT2D eigenvalue weighted by molar-refractivity contribution is 6.04. The maximum absolute atomic E-state index is 13.3. The van der Waals surface area contributed by atoms with E-state index in [2.05, 4.69) is 15.1 Å². The fourth-order valence-electron chi connectivity index (χ4n) is 4.32. The van der Waals surface area contributed by atoms with E-state index in [1.165, 1.54) is 6.20 Å². The second-order valence-electron chi connectivity index (χ2n) is 7.94. The molecule has 166 valence electrons. The Bertz CT molecular complexity index is 1340. The lowest BCUT2D eigenvalue weighted by molar-refractivity contribution is -0.140. The molecule has 0 amide bonds. The van der Waals surface area contributed by atoms with Crippen LogP contribution in [0.25, 0.3) is 32.9 Å². The molecule has 2 aromatic heterocycles. The molecular weight excluding hydrogens is 421 g/mol. The summed E-state index contributed by atoms with van der Waals surface area (Å²) in [5, 5.41) is 7.29. The third kappa shape index (κ3) is 3.89. The Morgan fingerprint density at radius 3 is 2.62 bits per heavy atom. The first kappa shape index (κ1) is 20.7. The number of alkyl halides is 3. The average Bonchev–Trinajstić information content (AvgIpc) is 3.27. The number of benzene rings is 2. The van der Waals surface area contributed by atoms with E-state index in [0.717, 1.165) is 34.3 Å². The van der Waals surface area contributed by atoms with Crippen molar-refractivity contribution < 1.29 is 17.9 Å². The number of hydrogen-bond acceptors (Lipinski definition) is 4. The van der Waals surface area contributed by atoms with E-state index in [0.29, 0.717) is 30.7 Å². The molecule has 0 spiro atoms. The molecule has 5 rings (SSSR count). The molecule has 0 unspecified atom stereocenters. The number of fused-ring (bicyclic) bond motifs is 3. The van der Waals surface area contributed by atoms with Crippen LogP contribution >= 0.6 is 0 Å². The summed E-state index contributed by atoms with van der Waals surface area (Å²) in [6.07, 6.45) is -3.26. The zero-order valence-corrected chi connectivity index (χ0v) is 17.2. The van der Waals surface area contributed by atoms with Crippen LogP contribution in [-0.4, -0.2) is 52.1 Å². The van der Waals surface area contributed by atoms with Crippen LogP contribution in [0.15, 0.2) is 53.5 Å². The van der Waals surface area contributed by atoms with E-state index >= 15 is 0 Å². The normalized spacial score (nSPS) is 15.6. The van der Waals surface area contributed by atoms with Crippen LogP contribution < -0.4 is 5.56 Å². The van der Waals surface area contributed by atoms with Gasteiger partial charge in [0, 0.05) is 25.0 Å². The van der Waals surface area contributed by atoms with E-state index in [1.54, 1.807) is 12.1 Å². The molecule has 2 aromatic carbocycles. The van der Waals surface area contributed by atoms with Crippen LogP contribution in [0.5, 0.6) is 0 Å². The highest BCUT2D eigenvalue weighted by atomic mass is 19.4. The second-order valence-corrected chi connectivity index (χ2v) is 7.94. The van der Waals surface area contributed by atoms with Gasteiger partial charge in [0.1, 0.15) is 6.54 Å². The summed E-state index contributed by atoms with van der Waals surface area (Å²) < 4.78 is 46.2. The smallest absolute Gasteiger partial charge is 0.379 e. The van der Waals surface area contributed by atoms with Gasteiger partial charge >= 0.3 is 6.18 Å². The molecule has 0 aliphatic carbocycles. The third-order valence-corrected chi connectivity index (χ3v) is 5.84. The molecule has 32 heavy (non-hydrogen) atoms. The van der Waals surface area contributed by atoms with Crippen molar-refractivity contribution >= 4 is 21.8 Å². The van der Waals surface area contributed by atoms with Gasteiger partial charge in [-0.25, -0.2) is 0 Å². The van der Waals surface area contributed by atoms with Crippen molar-refractivity contribution in [3.8, 4) is 11.1 Å².